The molecule has 0 aliphatic rings. The van der Waals surface area contributed by atoms with E-state index in [1.165, 1.54) is 31.5 Å². The lowest BCUT2D eigenvalue weighted by Crippen LogP contribution is -2.36. The van der Waals surface area contributed by atoms with Gasteiger partial charge in [-0.3, -0.25) is 4.79 Å². The molecule has 0 aromatic heterocycles. The molecule has 0 bridgehead atoms. The molecule has 2 rings (SSSR count). The van der Waals surface area contributed by atoms with Crippen LogP contribution in [0, 0.1) is 0 Å². The van der Waals surface area contributed by atoms with Gasteiger partial charge in [-0.15, -0.1) is 0 Å². The Labute approximate surface area is 179 Å². The van der Waals surface area contributed by atoms with Crippen molar-refractivity contribution in [2.24, 2.45) is 5.10 Å². The van der Waals surface area contributed by atoms with Crippen molar-refractivity contribution in [3.8, 4) is 5.75 Å². The fourth-order valence-electron chi connectivity index (χ4n) is 2.15. The molecule has 0 spiro atoms. The summed E-state index contributed by atoms with van der Waals surface area (Å²) in [6.07, 6.45) is 3.07. The Morgan fingerprint density at radius 2 is 1.93 bits per heavy atom. The lowest BCUT2D eigenvalue weighted by molar-refractivity contribution is -0.121. The molecular weight excluding hydrogens is 437 g/mol. The topological polar surface area (TPSA) is 88.1 Å². The minimum absolute atomic E-state index is 0.0141. The van der Waals surface area contributed by atoms with Crippen LogP contribution in [0.3, 0.4) is 0 Å². The highest BCUT2D eigenvalue weighted by atomic mass is 35.5. The van der Waals surface area contributed by atoms with Crippen LogP contribution >= 0.6 is 23.2 Å². The third kappa shape index (κ3) is 6.57. The van der Waals surface area contributed by atoms with Gasteiger partial charge in [-0.25, -0.2) is 13.8 Å². The van der Waals surface area contributed by atoms with Gasteiger partial charge < -0.3 is 4.74 Å². The first-order chi connectivity index (χ1) is 13.7. The van der Waals surface area contributed by atoms with E-state index in [2.05, 4.69) is 17.1 Å². The van der Waals surface area contributed by atoms with Crippen molar-refractivity contribution in [1.29, 1.82) is 0 Å². The van der Waals surface area contributed by atoms with Crippen molar-refractivity contribution in [3.05, 3.63) is 70.7 Å². The summed E-state index contributed by atoms with van der Waals surface area (Å²) in [5.74, 6) is 0.0639. The number of halogens is 2. The Balaban J connectivity index is 1.95. The second kappa shape index (κ2) is 10.4. The average Bonchev–Trinajstić information content (AvgIpc) is 2.69. The maximum Gasteiger partial charge on any atom is 0.255 e. The van der Waals surface area contributed by atoms with Crippen LogP contribution in [0.15, 0.2) is 65.1 Å². The van der Waals surface area contributed by atoms with Gasteiger partial charge in [-0.2, -0.15) is 9.41 Å². The standard InChI is InChI=1S/C19H19Cl2N3O4S/c1-3-10-28-16-7-4-14(5-8-16)12-22-23-19(25)13-24(2)29(26,27)18-11-15(20)6-9-17(18)21/h3-9,11-12H,1,10,13H2,2H3,(H,23,25)/b22-12-. The Hall–Kier alpha value is -2.39. The molecule has 29 heavy (non-hydrogen) atoms. The number of nitrogens with one attached hydrogen (secondary N) is 1. The van der Waals surface area contributed by atoms with Crippen molar-refractivity contribution < 1.29 is 17.9 Å². The van der Waals surface area contributed by atoms with Crippen LogP contribution in [0.4, 0.5) is 0 Å². The highest BCUT2D eigenvalue weighted by Gasteiger charge is 2.25. The maximum absolute atomic E-state index is 12.6. The molecule has 154 valence electrons. The van der Waals surface area contributed by atoms with Crippen molar-refractivity contribution in [2.75, 3.05) is 20.2 Å². The quantitative estimate of drug-likeness (QED) is 0.356. The molecule has 0 unspecified atom stereocenters. The molecule has 2 aromatic rings. The van der Waals surface area contributed by atoms with E-state index in [1.807, 2.05) is 0 Å². The Bertz CT molecular complexity index is 1010. The summed E-state index contributed by atoms with van der Waals surface area (Å²) in [4.78, 5) is 11.8. The number of sulfonamides is 1. The van der Waals surface area contributed by atoms with Crippen LogP contribution < -0.4 is 10.2 Å². The number of ether oxygens (including phenoxy) is 1. The maximum atomic E-state index is 12.6. The van der Waals surface area contributed by atoms with E-state index in [1.54, 1.807) is 30.3 Å². The van der Waals surface area contributed by atoms with E-state index in [9.17, 15) is 13.2 Å². The first-order valence-corrected chi connectivity index (χ1v) is 10.5. The number of hydrogen-bond acceptors (Lipinski definition) is 5. The lowest BCUT2D eigenvalue weighted by Gasteiger charge is -2.17. The van der Waals surface area contributed by atoms with Crippen LogP contribution in [0.25, 0.3) is 0 Å². The van der Waals surface area contributed by atoms with Gasteiger partial charge in [0.15, 0.2) is 0 Å². The van der Waals surface area contributed by atoms with Gasteiger partial charge in [-0.1, -0.05) is 35.9 Å². The number of amides is 1. The van der Waals surface area contributed by atoms with E-state index < -0.39 is 22.5 Å². The van der Waals surface area contributed by atoms with Crippen molar-refractivity contribution in [3.63, 3.8) is 0 Å². The molecule has 0 atom stereocenters. The van der Waals surface area contributed by atoms with Gasteiger partial charge in [0.25, 0.3) is 5.91 Å². The summed E-state index contributed by atoms with van der Waals surface area (Å²) in [5, 5.41) is 4.06. The van der Waals surface area contributed by atoms with Crippen LogP contribution in [-0.4, -0.2) is 45.0 Å². The molecule has 2 aromatic carbocycles. The van der Waals surface area contributed by atoms with E-state index in [0.717, 1.165) is 9.87 Å². The number of nitrogens with zero attached hydrogens (tertiary/aromatic N) is 2. The molecule has 0 saturated carbocycles. The Morgan fingerprint density at radius 3 is 2.59 bits per heavy atom. The molecule has 0 fully saturated rings. The number of carbonyl (C=O) groups excluding carboxylic acids is 1. The van der Waals surface area contributed by atoms with Gasteiger partial charge >= 0.3 is 0 Å². The van der Waals surface area contributed by atoms with Gasteiger partial charge in [0.1, 0.15) is 17.3 Å². The van der Waals surface area contributed by atoms with Crippen LogP contribution in [0.1, 0.15) is 5.56 Å². The molecule has 10 heteroatoms. The SMILES string of the molecule is C=CCOc1ccc(/C=N\NC(=O)CN(C)S(=O)(=O)c2cc(Cl)ccc2Cl)cc1. The molecular formula is C19H19Cl2N3O4S. The molecule has 1 amide bonds. The predicted octanol–water partition coefficient (Wildman–Crippen LogP) is 3.33. The zero-order valence-corrected chi connectivity index (χ0v) is 17.8. The second-order valence-electron chi connectivity index (χ2n) is 5.80. The molecule has 1 N–H and O–H groups in total. The van der Waals surface area contributed by atoms with Gasteiger partial charge in [0.2, 0.25) is 10.0 Å². The van der Waals surface area contributed by atoms with Crippen LogP contribution in [0.2, 0.25) is 10.0 Å². The lowest BCUT2D eigenvalue weighted by atomic mass is 10.2. The zero-order chi connectivity index (χ0) is 21.4. The van der Waals surface area contributed by atoms with Gasteiger partial charge in [-0.05, 0) is 48.0 Å². The molecule has 0 saturated heterocycles. The average molecular weight is 456 g/mol. The van der Waals surface area contributed by atoms with E-state index >= 15 is 0 Å². The number of rotatable bonds is 9. The number of benzene rings is 2. The highest BCUT2D eigenvalue weighted by molar-refractivity contribution is 7.89. The fraction of sp³-hybridized carbons (Fsp3) is 0.158. The smallest absolute Gasteiger partial charge is 0.255 e. The van der Waals surface area contributed by atoms with E-state index in [4.69, 9.17) is 27.9 Å². The monoisotopic (exact) mass is 455 g/mol. The summed E-state index contributed by atoms with van der Waals surface area (Å²) in [5.41, 5.74) is 3.01. The highest BCUT2D eigenvalue weighted by Crippen LogP contribution is 2.27. The first kappa shape index (κ1) is 22.9. The predicted molar refractivity (Wildman–Crippen MR) is 114 cm³/mol. The number of likely N-dealkylation sites (N-methyl/N-ethyl adjacent to an activating group) is 1. The summed E-state index contributed by atoms with van der Waals surface area (Å²) < 4.78 is 31.4. The van der Waals surface area contributed by atoms with Gasteiger partial charge in [0, 0.05) is 12.1 Å². The molecule has 0 aliphatic heterocycles. The van der Waals surface area contributed by atoms with Gasteiger partial charge in [0.05, 0.1) is 17.8 Å². The second-order valence-corrected chi connectivity index (χ2v) is 8.65. The third-order valence-electron chi connectivity index (χ3n) is 3.60. The van der Waals surface area contributed by atoms with Crippen LogP contribution in [0.5, 0.6) is 5.75 Å². The van der Waals surface area contributed by atoms with E-state index in [-0.39, 0.29) is 14.9 Å². The third-order valence-corrected chi connectivity index (χ3v) is 6.12. The summed E-state index contributed by atoms with van der Waals surface area (Å²) >= 11 is 11.8. The number of hydrogen-bond donors (Lipinski definition) is 1. The first-order valence-electron chi connectivity index (χ1n) is 8.31. The van der Waals surface area contributed by atoms with Crippen molar-refractivity contribution >= 4 is 45.3 Å². The molecule has 7 nitrogen and oxygen atoms in total. The van der Waals surface area contributed by atoms with Crippen molar-refractivity contribution in [1.82, 2.24) is 9.73 Å². The minimum atomic E-state index is -3.99. The Morgan fingerprint density at radius 1 is 1.24 bits per heavy atom. The summed E-state index contributed by atoms with van der Waals surface area (Å²) in [6.45, 7) is 3.53. The molecule has 0 aliphatic carbocycles. The summed E-state index contributed by atoms with van der Waals surface area (Å²) in [6, 6.07) is 11.1. The normalized spacial score (nSPS) is 11.6. The van der Waals surface area contributed by atoms with Crippen molar-refractivity contribution in [2.45, 2.75) is 4.90 Å². The van der Waals surface area contributed by atoms with Crippen LogP contribution in [-0.2, 0) is 14.8 Å². The van der Waals surface area contributed by atoms with E-state index in [0.29, 0.717) is 12.4 Å². The number of carbonyl (C=O) groups is 1. The minimum Gasteiger partial charge on any atom is -0.490 e. The molecule has 0 radical (unpaired) electrons. The molecule has 0 heterocycles. The summed E-state index contributed by atoms with van der Waals surface area (Å²) in [7, 11) is -2.73. The number of hydrazone groups is 1. The largest absolute Gasteiger partial charge is 0.490 e. The Kier molecular flexibility index (Phi) is 8.21. The fourth-order valence-corrected chi connectivity index (χ4v) is 4.01. The zero-order valence-electron chi connectivity index (χ0n) is 15.5.